The maximum absolute atomic E-state index is 12.9. The molecule has 1 heterocycles. The van der Waals surface area contributed by atoms with E-state index in [4.69, 9.17) is 11.6 Å². The SMILES string of the molecule is Cc1cc(S(C)(=O)=O)c(C)c(S(=O)(=O)N(C)c2ccc(Cl)cn2)c1. The number of anilines is 1. The van der Waals surface area contributed by atoms with E-state index in [1.54, 1.807) is 6.92 Å². The number of nitrogens with zero attached hydrogens (tertiary/aromatic N) is 2. The molecule has 0 aliphatic rings. The summed E-state index contributed by atoms with van der Waals surface area (Å²) in [7, 11) is -6.17. The maximum Gasteiger partial charge on any atom is 0.265 e. The van der Waals surface area contributed by atoms with Gasteiger partial charge in [0.15, 0.2) is 9.84 Å². The van der Waals surface area contributed by atoms with E-state index in [0.717, 1.165) is 10.6 Å². The van der Waals surface area contributed by atoms with Crippen molar-refractivity contribution in [3.63, 3.8) is 0 Å². The van der Waals surface area contributed by atoms with Gasteiger partial charge in [-0.3, -0.25) is 4.31 Å². The fraction of sp³-hybridized carbons (Fsp3) is 0.267. The average Bonchev–Trinajstić information content (AvgIpc) is 2.48. The molecule has 0 aliphatic heterocycles. The molecule has 2 rings (SSSR count). The number of halogens is 1. The van der Waals surface area contributed by atoms with E-state index in [-0.39, 0.29) is 21.2 Å². The quantitative estimate of drug-likeness (QED) is 0.803. The summed E-state index contributed by atoms with van der Waals surface area (Å²) in [5, 5.41) is 0.385. The Hall–Kier alpha value is -1.64. The predicted molar refractivity (Wildman–Crippen MR) is 93.9 cm³/mol. The second kappa shape index (κ2) is 6.34. The molecule has 1 aromatic carbocycles. The summed E-state index contributed by atoms with van der Waals surface area (Å²) in [6.45, 7) is 3.12. The summed E-state index contributed by atoms with van der Waals surface area (Å²) in [6, 6.07) is 5.92. The average molecular weight is 389 g/mol. The van der Waals surface area contributed by atoms with E-state index in [9.17, 15) is 16.8 Å². The molecule has 0 atom stereocenters. The Morgan fingerprint density at radius 2 is 1.62 bits per heavy atom. The van der Waals surface area contributed by atoms with Gasteiger partial charge in [0, 0.05) is 19.5 Å². The van der Waals surface area contributed by atoms with Gasteiger partial charge < -0.3 is 0 Å². The molecular formula is C15H17ClN2O4S2. The van der Waals surface area contributed by atoms with Crippen LogP contribution in [-0.4, -0.2) is 35.1 Å². The lowest BCUT2D eigenvalue weighted by Gasteiger charge is -2.21. The van der Waals surface area contributed by atoms with E-state index in [1.807, 2.05) is 0 Å². The lowest BCUT2D eigenvalue weighted by Crippen LogP contribution is -2.28. The van der Waals surface area contributed by atoms with Crippen molar-refractivity contribution in [3.8, 4) is 0 Å². The molecule has 6 nitrogen and oxygen atoms in total. The van der Waals surface area contributed by atoms with Crippen LogP contribution in [0.1, 0.15) is 11.1 Å². The first-order valence-corrected chi connectivity index (χ1v) is 10.6. The number of aryl methyl sites for hydroxylation is 1. The molecule has 24 heavy (non-hydrogen) atoms. The first-order chi connectivity index (χ1) is 10.9. The van der Waals surface area contributed by atoms with E-state index < -0.39 is 19.9 Å². The van der Waals surface area contributed by atoms with Crippen molar-refractivity contribution in [2.45, 2.75) is 23.6 Å². The van der Waals surface area contributed by atoms with Crippen LogP contribution in [0.4, 0.5) is 5.82 Å². The van der Waals surface area contributed by atoms with Gasteiger partial charge in [0.1, 0.15) is 5.82 Å². The largest absolute Gasteiger partial charge is 0.265 e. The normalized spacial score (nSPS) is 12.2. The highest BCUT2D eigenvalue weighted by atomic mass is 35.5. The second-order valence-corrected chi connectivity index (χ2v) is 9.82. The highest BCUT2D eigenvalue weighted by Gasteiger charge is 2.27. The predicted octanol–water partition coefficient (Wildman–Crippen LogP) is 2.58. The standard InChI is InChI=1S/C15H17ClN2O4S2/c1-10-7-13(23(4,19)20)11(2)14(8-10)24(21,22)18(3)15-6-5-12(16)9-17-15/h5-9H,1-4H3. The van der Waals surface area contributed by atoms with Crippen LogP contribution in [0.2, 0.25) is 5.02 Å². The summed E-state index contributed by atoms with van der Waals surface area (Å²) in [6.07, 6.45) is 2.39. The monoisotopic (exact) mass is 388 g/mol. The summed E-state index contributed by atoms with van der Waals surface area (Å²) < 4.78 is 50.7. The number of aromatic nitrogens is 1. The molecule has 0 radical (unpaired) electrons. The van der Waals surface area contributed by atoms with Crippen molar-refractivity contribution in [2.24, 2.45) is 0 Å². The summed E-state index contributed by atoms with van der Waals surface area (Å²) in [4.78, 5) is 3.92. The van der Waals surface area contributed by atoms with Crippen LogP contribution >= 0.6 is 11.6 Å². The van der Waals surface area contributed by atoms with Crippen molar-refractivity contribution >= 4 is 37.3 Å². The van der Waals surface area contributed by atoms with Crippen LogP contribution in [0.5, 0.6) is 0 Å². The van der Waals surface area contributed by atoms with Gasteiger partial charge in [0.05, 0.1) is 14.8 Å². The first kappa shape index (κ1) is 18.7. The summed E-state index contributed by atoms with van der Waals surface area (Å²) in [5.41, 5.74) is 0.723. The number of hydrogen-bond acceptors (Lipinski definition) is 5. The zero-order valence-electron chi connectivity index (χ0n) is 13.6. The van der Waals surface area contributed by atoms with E-state index in [2.05, 4.69) is 4.98 Å². The summed E-state index contributed by atoms with van der Waals surface area (Å²) in [5.74, 6) is 0.182. The zero-order chi connectivity index (χ0) is 18.3. The fourth-order valence-corrected chi connectivity index (χ4v) is 4.99. The molecule has 0 saturated carbocycles. The van der Waals surface area contributed by atoms with E-state index in [1.165, 1.54) is 44.4 Å². The third-order valence-corrected chi connectivity index (χ3v) is 6.86. The smallest absolute Gasteiger partial charge is 0.253 e. The van der Waals surface area contributed by atoms with Crippen LogP contribution in [0.25, 0.3) is 0 Å². The second-order valence-electron chi connectivity index (χ2n) is 5.47. The maximum atomic E-state index is 12.9. The van der Waals surface area contributed by atoms with Crippen LogP contribution in [-0.2, 0) is 19.9 Å². The molecule has 0 bridgehead atoms. The van der Waals surface area contributed by atoms with Crippen LogP contribution < -0.4 is 4.31 Å². The Morgan fingerprint density at radius 1 is 1.04 bits per heavy atom. The Morgan fingerprint density at radius 3 is 2.12 bits per heavy atom. The molecule has 0 saturated heterocycles. The lowest BCUT2D eigenvalue weighted by atomic mass is 10.2. The Balaban J connectivity index is 2.66. The molecule has 0 N–H and O–H groups in total. The van der Waals surface area contributed by atoms with Gasteiger partial charge in [-0.2, -0.15) is 0 Å². The Labute approximate surface area is 147 Å². The minimum atomic E-state index is -3.98. The van der Waals surface area contributed by atoms with Crippen LogP contribution in [0.15, 0.2) is 40.3 Å². The number of hydrogen-bond donors (Lipinski definition) is 0. The van der Waals surface area contributed by atoms with Gasteiger partial charge in [-0.05, 0) is 49.2 Å². The molecule has 0 amide bonds. The van der Waals surface area contributed by atoms with Gasteiger partial charge >= 0.3 is 0 Å². The highest BCUT2D eigenvalue weighted by molar-refractivity contribution is 7.93. The number of rotatable bonds is 4. The van der Waals surface area contributed by atoms with Gasteiger partial charge in [-0.15, -0.1) is 0 Å². The van der Waals surface area contributed by atoms with E-state index >= 15 is 0 Å². The van der Waals surface area contributed by atoms with Crippen molar-refractivity contribution in [1.82, 2.24) is 4.98 Å². The van der Waals surface area contributed by atoms with E-state index in [0.29, 0.717) is 10.6 Å². The van der Waals surface area contributed by atoms with Crippen molar-refractivity contribution < 1.29 is 16.8 Å². The molecular weight excluding hydrogens is 372 g/mol. The number of pyridine rings is 1. The molecule has 0 spiro atoms. The topological polar surface area (TPSA) is 84.4 Å². The van der Waals surface area contributed by atoms with Gasteiger partial charge in [-0.1, -0.05) is 11.6 Å². The molecule has 1 aromatic heterocycles. The van der Waals surface area contributed by atoms with Gasteiger partial charge in [-0.25, -0.2) is 21.8 Å². The van der Waals surface area contributed by atoms with Crippen LogP contribution in [0, 0.1) is 13.8 Å². The highest BCUT2D eigenvalue weighted by Crippen LogP contribution is 2.28. The molecule has 9 heteroatoms. The lowest BCUT2D eigenvalue weighted by molar-refractivity contribution is 0.592. The molecule has 0 aliphatic carbocycles. The number of sulfonamides is 1. The summed E-state index contributed by atoms with van der Waals surface area (Å²) >= 11 is 5.77. The molecule has 0 fully saturated rings. The minimum Gasteiger partial charge on any atom is -0.253 e. The fourth-order valence-electron chi connectivity index (χ4n) is 2.27. The Bertz CT molecular complexity index is 985. The van der Waals surface area contributed by atoms with Gasteiger partial charge in [0.2, 0.25) is 0 Å². The number of sulfone groups is 1. The third kappa shape index (κ3) is 3.55. The molecule has 130 valence electrons. The number of benzene rings is 1. The first-order valence-electron chi connectivity index (χ1n) is 6.86. The van der Waals surface area contributed by atoms with Crippen LogP contribution in [0.3, 0.4) is 0 Å². The van der Waals surface area contributed by atoms with Crippen molar-refractivity contribution in [2.75, 3.05) is 17.6 Å². The molecule has 2 aromatic rings. The Kier molecular flexibility index (Phi) is 4.94. The van der Waals surface area contributed by atoms with Gasteiger partial charge in [0.25, 0.3) is 10.0 Å². The minimum absolute atomic E-state index is 0.00135. The molecule has 0 unspecified atom stereocenters. The third-order valence-electron chi connectivity index (χ3n) is 3.53. The van der Waals surface area contributed by atoms with Crippen molar-refractivity contribution in [3.05, 3.63) is 46.6 Å². The van der Waals surface area contributed by atoms with Crippen molar-refractivity contribution in [1.29, 1.82) is 0 Å². The zero-order valence-corrected chi connectivity index (χ0v) is 16.0.